The fourth-order valence-electron chi connectivity index (χ4n) is 4.65. The maximum Gasteiger partial charge on any atom is 0.254 e. The van der Waals surface area contributed by atoms with E-state index in [-0.39, 0.29) is 35.5 Å². The van der Waals surface area contributed by atoms with Crippen molar-refractivity contribution >= 4 is 61.5 Å². The summed E-state index contributed by atoms with van der Waals surface area (Å²) in [7, 11) is 0. The van der Waals surface area contributed by atoms with Crippen LogP contribution in [0.25, 0.3) is 0 Å². The summed E-state index contributed by atoms with van der Waals surface area (Å²) in [6, 6.07) is 11.1. The molecule has 5 rings (SSSR count). The number of hydrogen-bond acceptors (Lipinski definition) is 4. The Morgan fingerprint density at radius 3 is 2.19 bits per heavy atom. The predicted molar refractivity (Wildman–Crippen MR) is 125 cm³/mol. The third-order valence-corrected chi connectivity index (χ3v) is 7.52. The number of rotatable bonds is 5. The van der Waals surface area contributed by atoms with Crippen LogP contribution in [0.2, 0.25) is 5.02 Å². The van der Waals surface area contributed by atoms with Gasteiger partial charge in [-0.05, 0) is 85.5 Å². The van der Waals surface area contributed by atoms with E-state index in [0.29, 0.717) is 17.4 Å². The molecule has 158 valence electrons. The van der Waals surface area contributed by atoms with E-state index in [0.717, 1.165) is 31.5 Å². The number of imide groups is 1. The third-order valence-electron chi connectivity index (χ3n) is 6.09. The maximum atomic E-state index is 12.7. The van der Waals surface area contributed by atoms with E-state index in [2.05, 4.69) is 49.1 Å². The summed E-state index contributed by atoms with van der Waals surface area (Å²) in [6.45, 7) is 0.387. The molecule has 0 spiro atoms. The van der Waals surface area contributed by atoms with Crippen molar-refractivity contribution in [3.63, 3.8) is 0 Å². The zero-order valence-electron chi connectivity index (χ0n) is 16.2. The molecule has 1 saturated heterocycles. The van der Waals surface area contributed by atoms with E-state index in [9.17, 15) is 9.59 Å². The molecule has 2 fully saturated rings. The van der Waals surface area contributed by atoms with Crippen molar-refractivity contribution in [2.24, 2.45) is 28.8 Å². The number of ether oxygens (including phenoxy) is 1. The second kappa shape index (κ2) is 8.19. The predicted octanol–water partition coefficient (Wildman–Crippen LogP) is 5.59. The van der Waals surface area contributed by atoms with Crippen LogP contribution in [0, 0.1) is 23.7 Å². The minimum Gasteiger partial charge on any atom is -0.487 e. The Balaban J connectivity index is 1.30. The highest BCUT2D eigenvalue weighted by atomic mass is 79.9. The number of benzene rings is 2. The van der Waals surface area contributed by atoms with Crippen molar-refractivity contribution in [3.05, 3.63) is 73.6 Å². The van der Waals surface area contributed by atoms with Gasteiger partial charge in [0.25, 0.3) is 11.8 Å². The molecule has 2 aromatic carbocycles. The van der Waals surface area contributed by atoms with Gasteiger partial charge in [0.1, 0.15) is 12.4 Å². The Labute approximate surface area is 201 Å². The van der Waals surface area contributed by atoms with Crippen molar-refractivity contribution < 1.29 is 14.3 Å². The van der Waals surface area contributed by atoms with Gasteiger partial charge in [-0.15, -0.1) is 0 Å². The zero-order chi connectivity index (χ0) is 21.7. The summed E-state index contributed by atoms with van der Waals surface area (Å²) in [5.41, 5.74) is 1.73. The van der Waals surface area contributed by atoms with E-state index >= 15 is 0 Å². The minimum absolute atomic E-state index is 0.173. The molecule has 2 amide bonds. The van der Waals surface area contributed by atoms with Crippen LogP contribution < -0.4 is 4.74 Å². The molecule has 3 aliphatic rings. The van der Waals surface area contributed by atoms with Gasteiger partial charge in [-0.25, -0.2) is 0 Å². The number of halogens is 3. The molecule has 0 N–H and O–H groups in total. The molecular weight excluding hydrogens is 548 g/mol. The van der Waals surface area contributed by atoms with E-state index in [4.69, 9.17) is 16.3 Å². The SMILES string of the molecule is O=C1[C@H]2[C@H](C(=O)N1/N=C\c1cc(Br)c(OCc3ccc(Cl)cc3)c(Br)c1)[C@H]1C=C[C@H]2C1. The summed E-state index contributed by atoms with van der Waals surface area (Å²) in [5, 5.41) is 5.96. The van der Waals surface area contributed by atoms with Crippen LogP contribution in [-0.4, -0.2) is 23.0 Å². The zero-order valence-corrected chi connectivity index (χ0v) is 20.1. The van der Waals surface area contributed by atoms with Gasteiger partial charge < -0.3 is 4.74 Å². The Hall–Kier alpha value is -1.96. The van der Waals surface area contributed by atoms with Gasteiger partial charge in [0.05, 0.1) is 27.0 Å². The topological polar surface area (TPSA) is 59.0 Å². The molecule has 0 unspecified atom stereocenters. The molecule has 2 aliphatic carbocycles. The van der Waals surface area contributed by atoms with Crippen molar-refractivity contribution in [2.45, 2.75) is 13.0 Å². The number of carbonyl (C=O) groups excluding carboxylic acids is 2. The number of allylic oxidation sites excluding steroid dienone is 2. The molecule has 0 radical (unpaired) electrons. The first-order valence-electron chi connectivity index (χ1n) is 9.89. The number of hydrogen-bond donors (Lipinski definition) is 0. The van der Waals surface area contributed by atoms with Gasteiger partial charge in [-0.2, -0.15) is 10.1 Å². The van der Waals surface area contributed by atoms with E-state index < -0.39 is 0 Å². The molecule has 2 aromatic rings. The first kappa shape index (κ1) is 20.9. The van der Waals surface area contributed by atoms with Crippen molar-refractivity contribution in [3.8, 4) is 5.75 Å². The van der Waals surface area contributed by atoms with Gasteiger partial charge in [-0.1, -0.05) is 35.9 Å². The Morgan fingerprint density at radius 2 is 1.61 bits per heavy atom. The van der Waals surface area contributed by atoms with Crippen LogP contribution in [0.5, 0.6) is 5.75 Å². The summed E-state index contributed by atoms with van der Waals surface area (Å²) in [4.78, 5) is 25.5. The summed E-state index contributed by atoms with van der Waals surface area (Å²) in [6.07, 6.45) is 6.58. The summed E-state index contributed by atoms with van der Waals surface area (Å²) in [5.74, 6) is 0.119. The van der Waals surface area contributed by atoms with Crippen LogP contribution in [0.15, 0.2) is 62.6 Å². The lowest BCUT2D eigenvalue weighted by Crippen LogP contribution is -2.28. The quantitative estimate of drug-likeness (QED) is 0.271. The Kier molecular flexibility index (Phi) is 5.52. The third kappa shape index (κ3) is 3.77. The molecule has 31 heavy (non-hydrogen) atoms. The first-order valence-corrected chi connectivity index (χ1v) is 11.8. The fraction of sp³-hybridized carbons (Fsp3) is 0.261. The highest BCUT2D eigenvalue weighted by Crippen LogP contribution is 2.52. The lowest BCUT2D eigenvalue weighted by Gasteiger charge is -2.13. The van der Waals surface area contributed by atoms with Gasteiger partial charge in [-0.3, -0.25) is 9.59 Å². The van der Waals surface area contributed by atoms with E-state index in [1.807, 2.05) is 36.4 Å². The fourth-order valence-corrected chi connectivity index (χ4v) is 6.23. The molecule has 5 nitrogen and oxygen atoms in total. The average Bonchev–Trinajstić information content (AvgIpc) is 3.42. The largest absolute Gasteiger partial charge is 0.487 e. The van der Waals surface area contributed by atoms with Crippen molar-refractivity contribution in [2.75, 3.05) is 0 Å². The highest BCUT2D eigenvalue weighted by Gasteiger charge is 2.59. The Morgan fingerprint density at radius 1 is 1.03 bits per heavy atom. The maximum absolute atomic E-state index is 12.7. The second-order valence-corrected chi connectivity index (χ2v) is 10.1. The lowest BCUT2D eigenvalue weighted by atomic mass is 9.85. The van der Waals surface area contributed by atoms with Crippen molar-refractivity contribution in [1.29, 1.82) is 0 Å². The monoisotopic (exact) mass is 562 g/mol. The summed E-state index contributed by atoms with van der Waals surface area (Å²) >= 11 is 13.0. The smallest absolute Gasteiger partial charge is 0.254 e. The Bertz CT molecular complexity index is 1080. The van der Waals surface area contributed by atoms with Crippen LogP contribution in [0.3, 0.4) is 0 Å². The minimum atomic E-state index is -0.248. The number of amides is 2. The average molecular weight is 565 g/mol. The molecule has 2 bridgehead atoms. The normalized spacial score (nSPS) is 26.4. The van der Waals surface area contributed by atoms with Gasteiger partial charge in [0.15, 0.2) is 0 Å². The van der Waals surface area contributed by atoms with Crippen LogP contribution in [-0.2, 0) is 16.2 Å². The number of nitrogens with zero attached hydrogens (tertiary/aromatic N) is 2. The van der Waals surface area contributed by atoms with E-state index in [1.54, 1.807) is 0 Å². The molecule has 1 saturated carbocycles. The molecular formula is C23H17Br2ClN2O3. The van der Waals surface area contributed by atoms with Gasteiger partial charge >= 0.3 is 0 Å². The standard InChI is InChI=1S/C23H17Br2ClN2O3/c24-17-7-13(8-18(25)21(17)31-11-12-1-5-16(26)6-2-12)10-27-28-22(29)19-14-3-4-15(9-14)20(19)23(28)30/h1-8,10,14-15,19-20H,9,11H2/b27-10-/t14-,15-,19+,20+/m0/s1. The van der Waals surface area contributed by atoms with Gasteiger partial charge in [0, 0.05) is 5.02 Å². The molecule has 1 aliphatic heterocycles. The van der Waals surface area contributed by atoms with Gasteiger partial charge in [0.2, 0.25) is 0 Å². The number of carbonyl (C=O) groups is 2. The van der Waals surface area contributed by atoms with Crippen molar-refractivity contribution in [1.82, 2.24) is 5.01 Å². The molecule has 4 atom stereocenters. The van der Waals surface area contributed by atoms with Crippen LogP contribution >= 0.6 is 43.5 Å². The lowest BCUT2D eigenvalue weighted by molar-refractivity contribution is -0.140. The second-order valence-electron chi connectivity index (χ2n) is 7.96. The molecule has 0 aromatic heterocycles. The van der Waals surface area contributed by atoms with Crippen LogP contribution in [0.1, 0.15) is 17.5 Å². The van der Waals surface area contributed by atoms with Crippen LogP contribution in [0.4, 0.5) is 0 Å². The molecule has 8 heteroatoms. The first-order chi connectivity index (χ1) is 14.9. The highest BCUT2D eigenvalue weighted by molar-refractivity contribution is 9.11. The number of hydrazone groups is 1. The number of fused-ring (bicyclic) bond motifs is 5. The summed E-state index contributed by atoms with van der Waals surface area (Å²) < 4.78 is 7.40. The molecule has 1 heterocycles. The van der Waals surface area contributed by atoms with E-state index in [1.165, 1.54) is 6.21 Å².